The summed E-state index contributed by atoms with van der Waals surface area (Å²) < 4.78 is 0. The van der Waals surface area contributed by atoms with E-state index in [0.29, 0.717) is 23.2 Å². The van der Waals surface area contributed by atoms with Crippen molar-refractivity contribution in [2.75, 3.05) is 18.1 Å². The van der Waals surface area contributed by atoms with Gasteiger partial charge in [0.15, 0.2) is 5.17 Å². The highest BCUT2D eigenvalue weighted by Gasteiger charge is 2.31. The summed E-state index contributed by atoms with van der Waals surface area (Å²) in [5.74, 6) is 0.910. The maximum atomic E-state index is 12.2. The minimum Gasteiger partial charge on any atom is -0.350 e. The van der Waals surface area contributed by atoms with E-state index in [0.717, 1.165) is 16.5 Å². The topological polar surface area (TPSA) is 44.7 Å². The first kappa shape index (κ1) is 18.4. The fourth-order valence-corrected chi connectivity index (χ4v) is 3.90. The minimum atomic E-state index is -0.00382. The first-order valence-corrected chi connectivity index (χ1v) is 8.88. The van der Waals surface area contributed by atoms with Crippen LogP contribution in [0.3, 0.4) is 0 Å². The van der Waals surface area contributed by atoms with Crippen LogP contribution < -0.4 is 5.32 Å². The van der Waals surface area contributed by atoms with Crippen LogP contribution in [0.5, 0.6) is 0 Å². The molecule has 1 aliphatic heterocycles. The number of hydrogen-bond acceptors (Lipinski definition) is 3. The molecule has 2 aliphatic rings. The molecule has 1 unspecified atom stereocenters. The number of aryl methyl sites for hydroxylation is 1. The second-order valence-electron chi connectivity index (χ2n) is 5.95. The van der Waals surface area contributed by atoms with E-state index in [9.17, 15) is 4.79 Å². The summed E-state index contributed by atoms with van der Waals surface area (Å²) in [6.07, 6.45) is 2.86. The summed E-state index contributed by atoms with van der Waals surface area (Å²) in [6, 6.07) is 6.37. The zero-order valence-electron chi connectivity index (χ0n) is 13.2. The number of thioether (sulfide) groups is 1. The van der Waals surface area contributed by atoms with Crippen LogP contribution in [-0.2, 0) is 4.79 Å². The fraction of sp³-hybridized carbons (Fsp3) is 0.500. The average Bonchev–Trinajstić information content (AvgIpc) is 3.22. The molecule has 1 saturated carbocycles. The van der Waals surface area contributed by atoms with Gasteiger partial charge in [0.1, 0.15) is 0 Å². The lowest BCUT2D eigenvalue weighted by atomic mass is 10.2. The van der Waals surface area contributed by atoms with Crippen molar-refractivity contribution < 1.29 is 4.79 Å². The van der Waals surface area contributed by atoms with Crippen LogP contribution in [0.25, 0.3) is 0 Å². The Kier molecular flexibility index (Phi) is 6.23. The third-order valence-electron chi connectivity index (χ3n) is 3.91. The first-order chi connectivity index (χ1) is 10.5. The van der Waals surface area contributed by atoms with Crippen LogP contribution in [0.1, 0.15) is 24.8 Å². The van der Waals surface area contributed by atoms with E-state index in [1.807, 2.05) is 32.2 Å². The van der Waals surface area contributed by atoms with Gasteiger partial charge in [-0.2, -0.15) is 0 Å². The van der Waals surface area contributed by atoms with Crippen molar-refractivity contribution in [3.8, 4) is 0 Å². The van der Waals surface area contributed by atoms with Crippen molar-refractivity contribution in [2.45, 2.75) is 38.3 Å². The maximum absolute atomic E-state index is 12.2. The van der Waals surface area contributed by atoms with Crippen LogP contribution in [0.15, 0.2) is 23.2 Å². The Bertz CT molecular complexity index is 619. The highest BCUT2D eigenvalue weighted by molar-refractivity contribution is 8.14. The second-order valence-corrected chi connectivity index (χ2v) is 7.35. The van der Waals surface area contributed by atoms with Crippen molar-refractivity contribution in [3.05, 3.63) is 28.8 Å². The Balaban J connectivity index is 0.00000192. The molecule has 3 rings (SSSR count). The number of carbonyl (C=O) groups excluding carboxylic acids is 1. The number of anilines is 1. The summed E-state index contributed by atoms with van der Waals surface area (Å²) in [4.78, 5) is 19.1. The molecule has 1 heterocycles. The summed E-state index contributed by atoms with van der Waals surface area (Å²) >= 11 is 7.91. The molecule has 1 atom stereocenters. The van der Waals surface area contributed by atoms with Gasteiger partial charge in [-0.05, 0) is 37.5 Å². The lowest BCUT2D eigenvalue weighted by molar-refractivity contribution is -0.116. The number of aliphatic imine (C=N–C) groups is 1. The van der Waals surface area contributed by atoms with E-state index in [4.69, 9.17) is 11.6 Å². The maximum Gasteiger partial charge on any atom is 0.226 e. The summed E-state index contributed by atoms with van der Waals surface area (Å²) in [5.41, 5.74) is 1.76. The van der Waals surface area contributed by atoms with Gasteiger partial charge in [0.05, 0.1) is 16.8 Å². The third-order valence-corrected chi connectivity index (χ3v) is 5.43. The standard InChI is InChI=1S/C16H20ClN3OS.ClH/c1-10-3-6-14(13(17)7-10)19-15(21)8-12-9-22-16(20(12)2)18-11-4-5-11;/h3,6-7,11-12H,4-5,8-9H2,1-2H3,(H,19,21);1H. The number of hydrogen-bond donors (Lipinski definition) is 1. The van der Waals surface area contributed by atoms with Gasteiger partial charge in [0.2, 0.25) is 5.91 Å². The quantitative estimate of drug-likeness (QED) is 0.868. The lowest BCUT2D eigenvalue weighted by Gasteiger charge is -2.20. The van der Waals surface area contributed by atoms with Crippen molar-refractivity contribution in [2.24, 2.45) is 4.99 Å². The molecular weight excluding hydrogens is 353 g/mol. The molecule has 1 saturated heterocycles. The van der Waals surface area contributed by atoms with Crippen LogP contribution in [0, 0.1) is 6.92 Å². The lowest BCUT2D eigenvalue weighted by Crippen LogP contribution is -2.33. The van der Waals surface area contributed by atoms with Gasteiger partial charge in [0, 0.05) is 25.3 Å². The number of carbonyl (C=O) groups is 1. The Morgan fingerprint density at radius 3 is 2.87 bits per heavy atom. The molecule has 1 amide bonds. The van der Waals surface area contributed by atoms with Gasteiger partial charge in [-0.1, -0.05) is 29.4 Å². The Morgan fingerprint density at radius 1 is 1.48 bits per heavy atom. The van der Waals surface area contributed by atoms with Crippen molar-refractivity contribution in [1.29, 1.82) is 0 Å². The molecule has 4 nitrogen and oxygen atoms in total. The van der Waals surface area contributed by atoms with Gasteiger partial charge in [-0.25, -0.2) is 0 Å². The average molecular weight is 374 g/mol. The molecule has 7 heteroatoms. The summed E-state index contributed by atoms with van der Waals surface area (Å²) in [7, 11) is 2.03. The minimum absolute atomic E-state index is 0. The Hall–Kier alpha value is -0.910. The predicted octanol–water partition coefficient (Wildman–Crippen LogP) is 3.96. The highest BCUT2D eigenvalue weighted by atomic mass is 35.5. The zero-order chi connectivity index (χ0) is 15.7. The molecule has 1 aliphatic carbocycles. The summed E-state index contributed by atoms with van der Waals surface area (Å²) in [5, 5.41) is 4.57. The van der Waals surface area contributed by atoms with Crippen molar-refractivity contribution in [3.63, 3.8) is 0 Å². The SMILES string of the molecule is Cc1ccc(NC(=O)CC2CSC(=NC3CC3)N2C)c(Cl)c1.Cl. The summed E-state index contributed by atoms with van der Waals surface area (Å²) in [6.45, 7) is 1.98. The van der Waals surface area contributed by atoms with Crippen molar-refractivity contribution >= 4 is 52.5 Å². The molecule has 0 spiro atoms. The molecule has 23 heavy (non-hydrogen) atoms. The molecule has 0 aromatic heterocycles. The van der Waals surface area contributed by atoms with Gasteiger partial charge in [-0.3, -0.25) is 9.79 Å². The van der Waals surface area contributed by atoms with E-state index in [-0.39, 0.29) is 24.4 Å². The van der Waals surface area contributed by atoms with E-state index >= 15 is 0 Å². The number of nitrogens with one attached hydrogen (secondary N) is 1. The van der Waals surface area contributed by atoms with E-state index in [1.54, 1.807) is 11.8 Å². The molecule has 0 bridgehead atoms. The Morgan fingerprint density at radius 2 is 2.22 bits per heavy atom. The van der Waals surface area contributed by atoms with Crippen LogP contribution >= 0.6 is 35.8 Å². The highest BCUT2D eigenvalue weighted by Crippen LogP contribution is 2.31. The number of amidine groups is 1. The van der Waals surface area contributed by atoms with Gasteiger partial charge >= 0.3 is 0 Å². The largest absolute Gasteiger partial charge is 0.350 e. The fourth-order valence-electron chi connectivity index (χ4n) is 2.36. The van der Waals surface area contributed by atoms with Crippen LogP contribution in [0.4, 0.5) is 5.69 Å². The smallest absolute Gasteiger partial charge is 0.226 e. The van der Waals surface area contributed by atoms with Crippen LogP contribution in [-0.4, -0.2) is 40.9 Å². The number of amides is 1. The molecule has 0 radical (unpaired) electrons. The molecular formula is C16H21Cl2N3OS. The monoisotopic (exact) mass is 373 g/mol. The van der Waals surface area contributed by atoms with E-state index in [1.165, 1.54) is 12.8 Å². The number of rotatable bonds is 4. The molecule has 1 aromatic rings. The molecule has 2 fully saturated rings. The zero-order valence-corrected chi connectivity index (χ0v) is 15.6. The van der Waals surface area contributed by atoms with Crippen molar-refractivity contribution in [1.82, 2.24) is 4.90 Å². The number of halogens is 2. The first-order valence-electron chi connectivity index (χ1n) is 7.52. The number of nitrogens with zero attached hydrogens (tertiary/aromatic N) is 2. The number of benzene rings is 1. The van der Waals surface area contributed by atoms with Gasteiger partial charge in [0.25, 0.3) is 0 Å². The van der Waals surface area contributed by atoms with Crippen LogP contribution in [0.2, 0.25) is 5.02 Å². The molecule has 1 N–H and O–H groups in total. The normalized spacial score (nSPS) is 22.1. The predicted molar refractivity (Wildman–Crippen MR) is 101 cm³/mol. The molecule has 1 aromatic carbocycles. The van der Waals surface area contributed by atoms with E-state index < -0.39 is 0 Å². The third kappa shape index (κ3) is 4.78. The molecule has 126 valence electrons. The second kappa shape index (κ2) is 7.77. The van der Waals surface area contributed by atoms with E-state index in [2.05, 4.69) is 15.2 Å². The Labute approximate surface area is 152 Å². The van der Waals surface area contributed by atoms with Gasteiger partial charge in [-0.15, -0.1) is 12.4 Å². The van der Waals surface area contributed by atoms with Gasteiger partial charge < -0.3 is 10.2 Å².